The van der Waals surface area contributed by atoms with Crippen molar-refractivity contribution in [2.24, 2.45) is 4.99 Å². The maximum atomic E-state index is 5.63. The number of fused-ring (bicyclic) bond motifs is 1. The summed E-state index contributed by atoms with van der Waals surface area (Å²) in [5, 5.41) is 6.74. The van der Waals surface area contributed by atoms with Crippen LogP contribution in [-0.2, 0) is 17.6 Å². The zero-order valence-electron chi connectivity index (χ0n) is 13.9. The lowest BCUT2D eigenvalue weighted by atomic mass is 10.1. The molecule has 1 unspecified atom stereocenters. The molecule has 2 aliphatic rings. The van der Waals surface area contributed by atoms with Crippen LogP contribution in [-0.4, -0.2) is 45.4 Å². The van der Waals surface area contributed by atoms with Crippen molar-refractivity contribution in [3.63, 3.8) is 0 Å². The maximum Gasteiger partial charge on any atom is 0.190 e. The van der Waals surface area contributed by atoms with Gasteiger partial charge in [-0.1, -0.05) is 12.1 Å². The highest BCUT2D eigenvalue weighted by atomic mass is 16.5. The molecule has 1 saturated heterocycles. The van der Waals surface area contributed by atoms with Crippen molar-refractivity contribution in [1.82, 2.24) is 10.6 Å². The zero-order chi connectivity index (χ0) is 15.9. The van der Waals surface area contributed by atoms with E-state index in [0.29, 0.717) is 6.10 Å². The number of rotatable bonds is 6. The van der Waals surface area contributed by atoms with E-state index in [-0.39, 0.29) is 0 Å². The van der Waals surface area contributed by atoms with Gasteiger partial charge in [-0.15, -0.1) is 0 Å². The molecule has 126 valence electrons. The minimum absolute atomic E-state index is 0.425. The Balaban J connectivity index is 1.36. The van der Waals surface area contributed by atoms with E-state index in [1.165, 1.54) is 24.0 Å². The summed E-state index contributed by atoms with van der Waals surface area (Å²) in [7, 11) is 1.81. The van der Waals surface area contributed by atoms with Crippen LogP contribution in [0, 0.1) is 0 Å². The standard InChI is InChI=1S/C18H27N3O2/c1-19-18(21-10-7-16-3-2-11-22-16)20-9-6-14-4-5-17-15(13-14)8-12-23-17/h4-5,13,16H,2-3,6-12H2,1H3,(H2,19,20,21). The van der Waals surface area contributed by atoms with Gasteiger partial charge in [0, 0.05) is 33.2 Å². The highest BCUT2D eigenvalue weighted by Gasteiger charge is 2.15. The number of hydrogen-bond donors (Lipinski definition) is 2. The van der Waals surface area contributed by atoms with Crippen molar-refractivity contribution in [2.75, 3.05) is 33.4 Å². The Hall–Kier alpha value is -1.75. The van der Waals surface area contributed by atoms with Crippen LogP contribution in [0.15, 0.2) is 23.2 Å². The predicted molar refractivity (Wildman–Crippen MR) is 92.3 cm³/mol. The number of nitrogens with zero attached hydrogens (tertiary/aromatic N) is 1. The molecule has 0 aromatic heterocycles. The topological polar surface area (TPSA) is 54.9 Å². The Morgan fingerprint density at radius 3 is 3.00 bits per heavy atom. The van der Waals surface area contributed by atoms with Crippen molar-refractivity contribution >= 4 is 5.96 Å². The monoisotopic (exact) mass is 317 g/mol. The fourth-order valence-corrected chi connectivity index (χ4v) is 3.16. The quantitative estimate of drug-likeness (QED) is 0.621. The van der Waals surface area contributed by atoms with Gasteiger partial charge in [0.05, 0.1) is 12.7 Å². The van der Waals surface area contributed by atoms with Crippen molar-refractivity contribution < 1.29 is 9.47 Å². The molecule has 3 rings (SSSR count). The molecule has 0 spiro atoms. The molecule has 1 fully saturated rings. The number of aliphatic imine (C=N–C) groups is 1. The van der Waals surface area contributed by atoms with E-state index in [1.54, 1.807) is 0 Å². The van der Waals surface area contributed by atoms with Crippen LogP contribution >= 0.6 is 0 Å². The third kappa shape index (κ3) is 4.61. The largest absolute Gasteiger partial charge is 0.493 e. The lowest BCUT2D eigenvalue weighted by molar-refractivity contribution is 0.105. The van der Waals surface area contributed by atoms with Gasteiger partial charge in [0.2, 0.25) is 0 Å². The first-order valence-corrected chi connectivity index (χ1v) is 8.66. The Morgan fingerprint density at radius 1 is 1.26 bits per heavy atom. The smallest absolute Gasteiger partial charge is 0.190 e. The van der Waals surface area contributed by atoms with Crippen LogP contribution in [0.4, 0.5) is 0 Å². The Bertz CT molecular complexity index is 539. The average Bonchev–Trinajstić information content (AvgIpc) is 3.24. The first-order chi connectivity index (χ1) is 11.3. The number of guanidine groups is 1. The third-order valence-corrected chi connectivity index (χ3v) is 4.47. The highest BCUT2D eigenvalue weighted by Crippen LogP contribution is 2.25. The Morgan fingerprint density at radius 2 is 2.17 bits per heavy atom. The molecule has 5 heteroatoms. The number of ether oxygens (including phenoxy) is 2. The molecule has 0 aliphatic carbocycles. The molecular formula is C18H27N3O2. The molecule has 0 radical (unpaired) electrons. The highest BCUT2D eigenvalue weighted by molar-refractivity contribution is 5.79. The van der Waals surface area contributed by atoms with Crippen LogP contribution in [0.5, 0.6) is 5.75 Å². The first kappa shape index (κ1) is 16.1. The predicted octanol–water partition coefficient (Wildman–Crippen LogP) is 1.90. The second-order valence-corrected chi connectivity index (χ2v) is 6.14. The molecule has 0 saturated carbocycles. The SMILES string of the molecule is CN=C(NCCc1ccc2c(c1)CCO2)NCCC1CCCO1. The van der Waals surface area contributed by atoms with Crippen molar-refractivity contribution in [2.45, 2.75) is 38.2 Å². The van der Waals surface area contributed by atoms with Gasteiger partial charge in [-0.05, 0) is 42.9 Å². The van der Waals surface area contributed by atoms with Gasteiger partial charge >= 0.3 is 0 Å². The van der Waals surface area contributed by atoms with Crippen LogP contribution in [0.2, 0.25) is 0 Å². The summed E-state index contributed by atoms with van der Waals surface area (Å²) in [5.74, 6) is 1.92. The van der Waals surface area contributed by atoms with E-state index in [0.717, 1.165) is 57.3 Å². The lowest BCUT2D eigenvalue weighted by Gasteiger charge is -2.14. The van der Waals surface area contributed by atoms with Crippen molar-refractivity contribution in [3.8, 4) is 5.75 Å². The molecule has 0 bridgehead atoms. The van der Waals surface area contributed by atoms with Gasteiger partial charge in [0.1, 0.15) is 5.75 Å². The van der Waals surface area contributed by atoms with Crippen LogP contribution in [0.1, 0.15) is 30.4 Å². The summed E-state index contributed by atoms with van der Waals surface area (Å²) < 4.78 is 11.2. The third-order valence-electron chi connectivity index (χ3n) is 4.47. The van der Waals surface area contributed by atoms with Gasteiger partial charge in [0.15, 0.2) is 5.96 Å². The number of nitrogens with one attached hydrogen (secondary N) is 2. The minimum Gasteiger partial charge on any atom is -0.493 e. The molecule has 5 nitrogen and oxygen atoms in total. The molecule has 1 atom stereocenters. The number of benzene rings is 1. The Kier molecular flexibility index (Phi) is 5.75. The lowest BCUT2D eigenvalue weighted by Crippen LogP contribution is -2.39. The summed E-state index contributed by atoms with van der Waals surface area (Å²) in [6.45, 7) is 3.52. The van der Waals surface area contributed by atoms with Gasteiger partial charge in [0.25, 0.3) is 0 Å². The van der Waals surface area contributed by atoms with E-state index < -0.39 is 0 Å². The van der Waals surface area contributed by atoms with Crippen LogP contribution in [0.3, 0.4) is 0 Å². The van der Waals surface area contributed by atoms with Crippen LogP contribution < -0.4 is 15.4 Å². The molecule has 1 aromatic rings. The van der Waals surface area contributed by atoms with Gasteiger partial charge in [-0.3, -0.25) is 4.99 Å². The van der Waals surface area contributed by atoms with E-state index in [9.17, 15) is 0 Å². The molecule has 1 aromatic carbocycles. The fourth-order valence-electron chi connectivity index (χ4n) is 3.16. The molecule has 23 heavy (non-hydrogen) atoms. The molecular weight excluding hydrogens is 290 g/mol. The second-order valence-electron chi connectivity index (χ2n) is 6.14. The second kappa shape index (κ2) is 8.20. The summed E-state index contributed by atoms with van der Waals surface area (Å²) in [6.07, 6.45) is 5.88. The van der Waals surface area contributed by atoms with Crippen molar-refractivity contribution in [1.29, 1.82) is 0 Å². The summed E-state index contributed by atoms with van der Waals surface area (Å²) in [4.78, 5) is 4.27. The van der Waals surface area contributed by atoms with Crippen LogP contribution in [0.25, 0.3) is 0 Å². The van der Waals surface area contributed by atoms with Gasteiger partial charge < -0.3 is 20.1 Å². The molecule has 0 amide bonds. The maximum absolute atomic E-state index is 5.63. The fraction of sp³-hybridized carbons (Fsp3) is 0.611. The zero-order valence-corrected chi connectivity index (χ0v) is 13.9. The van der Waals surface area contributed by atoms with Gasteiger partial charge in [-0.25, -0.2) is 0 Å². The summed E-state index contributed by atoms with van der Waals surface area (Å²) in [6, 6.07) is 6.50. The van der Waals surface area contributed by atoms with Gasteiger partial charge in [-0.2, -0.15) is 0 Å². The van der Waals surface area contributed by atoms with Crippen molar-refractivity contribution in [3.05, 3.63) is 29.3 Å². The summed E-state index contributed by atoms with van der Waals surface area (Å²) >= 11 is 0. The van der Waals surface area contributed by atoms with E-state index >= 15 is 0 Å². The molecule has 2 heterocycles. The van der Waals surface area contributed by atoms with E-state index in [4.69, 9.17) is 9.47 Å². The first-order valence-electron chi connectivity index (χ1n) is 8.66. The van der Waals surface area contributed by atoms with E-state index in [2.05, 4.69) is 33.8 Å². The number of hydrogen-bond acceptors (Lipinski definition) is 3. The molecule has 2 aliphatic heterocycles. The normalized spacial score (nSPS) is 20.2. The molecule has 2 N–H and O–H groups in total. The Labute approximate surface area is 138 Å². The van der Waals surface area contributed by atoms with E-state index in [1.807, 2.05) is 7.05 Å². The summed E-state index contributed by atoms with van der Waals surface area (Å²) in [5.41, 5.74) is 2.68. The minimum atomic E-state index is 0.425. The average molecular weight is 317 g/mol.